The van der Waals surface area contributed by atoms with Crippen molar-refractivity contribution >= 4 is 11.0 Å². The largest absolute Gasteiger partial charge is 0.379 e. The van der Waals surface area contributed by atoms with Gasteiger partial charge in [0.1, 0.15) is 5.52 Å². The minimum Gasteiger partial charge on any atom is -0.379 e. The monoisotopic (exact) mass is 497 g/mol. The molecule has 4 aromatic heterocycles. The molecule has 0 radical (unpaired) electrons. The van der Waals surface area contributed by atoms with Crippen LogP contribution in [0.4, 0.5) is 0 Å². The zero-order chi connectivity index (χ0) is 25.1. The molecule has 0 N–H and O–H groups in total. The van der Waals surface area contributed by atoms with Gasteiger partial charge in [-0.3, -0.25) is 24.2 Å². The van der Waals surface area contributed by atoms with Gasteiger partial charge in [0.25, 0.3) is 0 Å². The highest BCUT2D eigenvalue weighted by Crippen LogP contribution is 2.64. The van der Waals surface area contributed by atoms with E-state index < -0.39 is 0 Å². The molecule has 1 aliphatic heterocycles. The van der Waals surface area contributed by atoms with Crippen LogP contribution in [0, 0.1) is 11.8 Å². The van der Waals surface area contributed by atoms with Crippen molar-refractivity contribution in [1.82, 2.24) is 34.4 Å². The van der Waals surface area contributed by atoms with E-state index in [9.17, 15) is 0 Å². The van der Waals surface area contributed by atoms with Crippen molar-refractivity contribution < 1.29 is 4.74 Å². The number of rotatable bonds is 6. The van der Waals surface area contributed by atoms with Crippen LogP contribution >= 0.6 is 0 Å². The number of aromatic nitrogens is 6. The Balaban J connectivity index is 1.17. The molecule has 37 heavy (non-hydrogen) atoms. The van der Waals surface area contributed by atoms with Crippen molar-refractivity contribution in [3.8, 4) is 11.3 Å². The highest BCUT2D eigenvalue weighted by Gasteiger charge is 2.58. The van der Waals surface area contributed by atoms with Gasteiger partial charge in [-0.1, -0.05) is 6.07 Å². The number of nitrogens with zero attached hydrogens (tertiary/aromatic N) is 7. The second kappa shape index (κ2) is 9.03. The van der Waals surface area contributed by atoms with Crippen LogP contribution in [0.2, 0.25) is 0 Å². The summed E-state index contributed by atoms with van der Waals surface area (Å²) in [5, 5.41) is 9.77. The first-order valence-electron chi connectivity index (χ1n) is 13.7. The maximum atomic E-state index is 5.57. The van der Waals surface area contributed by atoms with Gasteiger partial charge in [0.2, 0.25) is 0 Å². The molecule has 0 amide bonds. The van der Waals surface area contributed by atoms with E-state index in [0.29, 0.717) is 12.0 Å². The summed E-state index contributed by atoms with van der Waals surface area (Å²) in [5.41, 5.74) is 6.33. The molecule has 0 spiro atoms. The fourth-order valence-electron chi connectivity index (χ4n) is 6.83. The van der Waals surface area contributed by atoms with Crippen molar-refractivity contribution in [2.45, 2.75) is 57.7 Å². The van der Waals surface area contributed by atoms with Gasteiger partial charge in [0.15, 0.2) is 0 Å². The lowest BCUT2D eigenvalue weighted by Crippen LogP contribution is -2.43. The molecule has 5 atom stereocenters. The summed E-state index contributed by atoms with van der Waals surface area (Å²) in [5.74, 6) is 2.21. The fourth-order valence-corrected chi connectivity index (χ4v) is 6.83. The van der Waals surface area contributed by atoms with Crippen LogP contribution in [0.5, 0.6) is 0 Å². The van der Waals surface area contributed by atoms with Crippen LogP contribution in [0.3, 0.4) is 0 Å². The predicted octanol–water partition coefficient (Wildman–Crippen LogP) is 4.70. The number of fused-ring (bicyclic) bond motifs is 2. The number of hydrogen-bond acceptors (Lipinski definition) is 6. The van der Waals surface area contributed by atoms with E-state index in [0.717, 1.165) is 72.2 Å². The first kappa shape index (κ1) is 23.0. The Morgan fingerprint density at radius 1 is 0.946 bits per heavy atom. The first-order valence-corrected chi connectivity index (χ1v) is 13.7. The van der Waals surface area contributed by atoms with Crippen LogP contribution in [0.15, 0.2) is 48.9 Å². The zero-order valence-corrected chi connectivity index (χ0v) is 21.9. The van der Waals surface area contributed by atoms with Gasteiger partial charge in [0.05, 0.1) is 42.4 Å². The van der Waals surface area contributed by atoms with Gasteiger partial charge in [-0.05, 0) is 69.7 Å². The molecular formula is C29H35N7O. The molecule has 3 fully saturated rings. The molecule has 8 heteroatoms. The van der Waals surface area contributed by atoms with E-state index in [1.54, 1.807) is 0 Å². The van der Waals surface area contributed by atoms with Crippen molar-refractivity contribution in [2.75, 3.05) is 26.3 Å². The van der Waals surface area contributed by atoms with E-state index in [1.807, 2.05) is 41.5 Å². The van der Waals surface area contributed by atoms with Crippen molar-refractivity contribution in [2.24, 2.45) is 11.8 Å². The van der Waals surface area contributed by atoms with Crippen molar-refractivity contribution in [3.63, 3.8) is 0 Å². The minimum absolute atomic E-state index is 0.0183. The lowest BCUT2D eigenvalue weighted by atomic mass is 10.0. The average Bonchev–Trinajstić information content (AvgIpc) is 3.36. The molecule has 2 saturated carbocycles. The Kier molecular flexibility index (Phi) is 5.62. The minimum atomic E-state index is 0.0183. The van der Waals surface area contributed by atoms with E-state index in [-0.39, 0.29) is 6.04 Å². The number of ether oxygens (including phenoxy) is 1. The Hall–Kier alpha value is -3.10. The molecule has 0 unspecified atom stereocenters. The number of pyridine rings is 2. The first-order chi connectivity index (χ1) is 18.1. The standard InChI is InChI=1S/C29H35N7O/c1-18(2)35-28(29-22-13-21(14-23(22)29)34-8-10-37-11-9-34)15-25(33-35)20-12-27-26(31-16-20)17-32-36(27)19(3)24-6-4-5-7-30-24/h4-7,12,15-19,21-23,29H,8-11,13-14H2,1-3H3/t19-,21-,22+,23-,29-/m1/s1. The van der Waals surface area contributed by atoms with E-state index in [1.165, 1.54) is 18.5 Å². The maximum absolute atomic E-state index is 5.57. The Bertz CT molecular complexity index is 1390. The molecule has 7 rings (SSSR count). The van der Waals surface area contributed by atoms with Gasteiger partial charge in [-0.2, -0.15) is 10.2 Å². The van der Waals surface area contributed by atoms with Crippen LogP contribution in [0.25, 0.3) is 22.3 Å². The molecular weight excluding hydrogens is 462 g/mol. The third-order valence-corrected chi connectivity index (χ3v) is 8.80. The molecule has 5 heterocycles. The Labute approximate surface area is 217 Å². The van der Waals surface area contributed by atoms with Gasteiger partial charge < -0.3 is 4.74 Å². The summed E-state index contributed by atoms with van der Waals surface area (Å²) < 4.78 is 9.86. The molecule has 3 aliphatic rings. The molecule has 0 bridgehead atoms. The maximum Gasteiger partial charge on any atom is 0.108 e. The summed E-state index contributed by atoms with van der Waals surface area (Å²) in [7, 11) is 0. The average molecular weight is 498 g/mol. The highest BCUT2D eigenvalue weighted by atomic mass is 16.5. The summed E-state index contributed by atoms with van der Waals surface area (Å²) in [6.07, 6.45) is 8.24. The summed E-state index contributed by atoms with van der Waals surface area (Å²) in [4.78, 5) is 11.9. The molecule has 192 valence electrons. The predicted molar refractivity (Wildman–Crippen MR) is 142 cm³/mol. The Morgan fingerprint density at radius 2 is 1.76 bits per heavy atom. The molecule has 8 nitrogen and oxygen atoms in total. The Morgan fingerprint density at radius 3 is 2.49 bits per heavy atom. The van der Waals surface area contributed by atoms with Gasteiger partial charge >= 0.3 is 0 Å². The summed E-state index contributed by atoms with van der Waals surface area (Å²) in [6.45, 7) is 10.6. The van der Waals surface area contributed by atoms with Gasteiger partial charge in [-0.15, -0.1) is 0 Å². The molecule has 1 saturated heterocycles. The third kappa shape index (κ3) is 3.97. The summed E-state index contributed by atoms with van der Waals surface area (Å²) in [6, 6.07) is 11.6. The number of hydrogen-bond donors (Lipinski definition) is 0. The number of morpholine rings is 1. The van der Waals surface area contributed by atoms with Crippen molar-refractivity contribution in [1.29, 1.82) is 0 Å². The topological polar surface area (TPSA) is 73.9 Å². The normalized spacial score (nSPS) is 26.6. The summed E-state index contributed by atoms with van der Waals surface area (Å²) >= 11 is 0. The zero-order valence-electron chi connectivity index (χ0n) is 21.9. The van der Waals surface area contributed by atoms with E-state index >= 15 is 0 Å². The lowest BCUT2D eigenvalue weighted by Gasteiger charge is -2.33. The van der Waals surface area contributed by atoms with Crippen LogP contribution < -0.4 is 0 Å². The van der Waals surface area contributed by atoms with E-state index in [4.69, 9.17) is 14.8 Å². The molecule has 4 aromatic rings. The quantitative estimate of drug-likeness (QED) is 0.384. The lowest BCUT2D eigenvalue weighted by molar-refractivity contribution is 0.0151. The SMILES string of the molecule is CC(C)n1nc(-c2cnc3cnn([C@H](C)c4ccccn4)c3c2)cc1[C@H]1[C@@H]2C[C@H](N3CCOCC3)C[C@@H]21. The fraction of sp³-hybridized carbons (Fsp3) is 0.517. The highest BCUT2D eigenvalue weighted by molar-refractivity contribution is 5.79. The van der Waals surface area contributed by atoms with Crippen molar-refractivity contribution in [3.05, 3.63) is 60.3 Å². The van der Waals surface area contributed by atoms with Crippen LogP contribution in [-0.2, 0) is 4.74 Å². The molecule has 2 aliphatic carbocycles. The smallest absolute Gasteiger partial charge is 0.108 e. The third-order valence-electron chi connectivity index (χ3n) is 8.80. The van der Waals surface area contributed by atoms with Gasteiger partial charge in [-0.25, -0.2) is 0 Å². The van der Waals surface area contributed by atoms with Gasteiger partial charge in [0, 0.05) is 54.7 Å². The second-order valence-corrected chi connectivity index (χ2v) is 11.3. The van der Waals surface area contributed by atoms with Crippen LogP contribution in [0.1, 0.15) is 63.0 Å². The molecule has 0 aromatic carbocycles. The second-order valence-electron chi connectivity index (χ2n) is 11.3. The van der Waals surface area contributed by atoms with E-state index in [2.05, 4.69) is 52.6 Å². The van der Waals surface area contributed by atoms with Crippen LogP contribution in [-0.4, -0.2) is 66.8 Å².